The first-order chi connectivity index (χ1) is 11.5. The zero-order valence-electron chi connectivity index (χ0n) is 13.5. The van der Waals surface area contributed by atoms with Gasteiger partial charge in [0.1, 0.15) is 0 Å². The molecular weight excluding hydrogens is 308 g/mol. The molecule has 7 nitrogen and oxygen atoms in total. The minimum absolute atomic E-state index is 0.0124. The number of aromatic nitrogens is 3. The van der Waals surface area contributed by atoms with Gasteiger partial charge in [-0.15, -0.1) is 0 Å². The van der Waals surface area contributed by atoms with Crippen molar-refractivity contribution in [3.8, 4) is 0 Å². The number of pyridine rings is 1. The summed E-state index contributed by atoms with van der Waals surface area (Å²) in [6.07, 6.45) is 7.92. The van der Waals surface area contributed by atoms with Crippen LogP contribution in [0.3, 0.4) is 0 Å². The van der Waals surface area contributed by atoms with Gasteiger partial charge >= 0.3 is 5.97 Å². The zero-order chi connectivity index (χ0) is 17.1. The van der Waals surface area contributed by atoms with E-state index in [1.807, 2.05) is 25.4 Å². The molecule has 1 aliphatic rings. The van der Waals surface area contributed by atoms with E-state index in [9.17, 15) is 14.7 Å². The molecule has 0 unspecified atom stereocenters. The molecule has 0 aromatic carbocycles. The van der Waals surface area contributed by atoms with Crippen LogP contribution in [0.25, 0.3) is 0 Å². The Morgan fingerprint density at radius 3 is 2.67 bits per heavy atom. The van der Waals surface area contributed by atoms with Crippen LogP contribution in [0.1, 0.15) is 23.5 Å². The van der Waals surface area contributed by atoms with Crippen LogP contribution in [0.15, 0.2) is 36.9 Å². The van der Waals surface area contributed by atoms with Crippen molar-refractivity contribution in [1.29, 1.82) is 0 Å². The molecular formula is C17H20N4O3. The van der Waals surface area contributed by atoms with Gasteiger partial charge in [-0.25, -0.2) is 0 Å². The van der Waals surface area contributed by atoms with Crippen molar-refractivity contribution in [3.63, 3.8) is 0 Å². The Morgan fingerprint density at radius 2 is 2.04 bits per heavy atom. The summed E-state index contributed by atoms with van der Waals surface area (Å²) >= 11 is 0. The predicted molar refractivity (Wildman–Crippen MR) is 86.2 cm³/mol. The van der Waals surface area contributed by atoms with Crippen LogP contribution in [-0.4, -0.2) is 49.7 Å². The maximum atomic E-state index is 12.5. The number of nitrogens with zero attached hydrogens (tertiary/aromatic N) is 4. The molecule has 1 aliphatic heterocycles. The molecule has 3 rings (SSSR count). The lowest BCUT2D eigenvalue weighted by atomic mass is 9.90. The van der Waals surface area contributed by atoms with Gasteiger partial charge in [0, 0.05) is 51.1 Å². The molecule has 0 saturated carbocycles. The van der Waals surface area contributed by atoms with E-state index in [4.69, 9.17) is 0 Å². The Labute approximate surface area is 139 Å². The van der Waals surface area contributed by atoms with Crippen molar-refractivity contribution in [2.45, 2.75) is 18.8 Å². The molecule has 1 amide bonds. The number of aryl methyl sites for hydroxylation is 2. The number of carbonyl (C=O) groups excluding carboxylic acids is 1. The fourth-order valence-electron chi connectivity index (χ4n) is 3.22. The molecule has 0 spiro atoms. The minimum Gasteiger partial charge on any atom is -0.481 e. The summed E-state index contributed by atoms with van der Waals surface area (Å²) in [5.41, 5.74) is 1.92. The molecule has 2 atom stereocenters. The molecule has 24 heavy (non-hydrogen) atoms. The van der Waals surface area contributed by atoms with Crippen molar-refractivity contribution >= 4 is 11.9 Å². The van der Waals surface area contributed by atoms with Gasteiger partial charge in [-0.05, 0) is 29.7 Å². The van der Waals surface area contributed by atoms with Crippen molar-refractivity contribution in [2.75, 3.05) is 13.1 Å². The van der Waals surface area contributed by atoms with Crippen LogP contribution < -0.4 is 0 Å². The number of carboxylic acids is 1. The third kappa shape index (κ3) is 3.45. The number of aliphatic carboxylic acids is 1. The lowest BCUT2D eigenvalue weighted by Gasteiger charge is -2.16. The monoisotopic (exact) mass is 328 g/mol. The van der Waals surface area contributed by atoms with Crippen LogP contribution in [-0.2, 0) is 23.1 Å². The number of rotatable bonds is 5. The van der Waals surface area contributed by atoms with Crippen LogP contribution in [0.4, 0.5) is 0 Å². The quantitative estimate of drug-likeness (QED) is 0.887. The topological polar surface area (TPSA) is 88.3 Å². The van der Waals surface area contributed by atoms with E-state index in [0.717, 1.165) is 11.1 Å². The maximum Gasteiger partial charge on any atom is 0.308 e. The number of carbonyl (C=O) groups is 2. The highest BCUT2D eigenvalue weighted by Crippen LogP contribution is 2.33. The van der Waals surface area contributed by atoms with E-state index in [2.05, 4.69) is 10.1 Å². The summed E-state index contributed by atoms with van der Waals surface area (Å²) in [6.45, 7) is 0.695. The van der Waals surface area contributed by atoms with Gasteiger partial charge in [-0.3, -0.25) is 19.3 Å². The normalized spacial score (nSPS) is 20.3. The van der Waals surface area contributed by atoms with Gasteiger partial charge < -0.3 is 10.0 Å². The molecule has 0 radical (unpaired) electrons. The van der Waals surface area contributed by atoms with Gasteiger partial charge in [0.2, 0.25) is 5.91 Å². The van der Waals surface area contributed by atoms with E-state index in [0.29, 0.717) is 19.4 Å². The largest absolute Gasteiger partial charge is 0.481 e. The fraction of sp³-hybridized carbons (Fsp3) is 0.412. The Hall–Kier alpha value is -2.70. The number of hydrogen-bond donors (Lipinski definition) is 1. The first kappa shape index (κ1) is 16.2. The molecule has 2 aromatic heterocycles. The first-order valence-corrected chi connectivity index (χ1v) is 7.92. The highest BCUT2D eigenvalue weighted by Gasteiger charge is 2.40. The Balaban J connectivity index is 1.66. The minimum atomic E-state index is -0.862. The molecule has 7 heteroatoms. The second-order valence-corrected chi connectivity index (χ2v) is 6.15. The van der Waals surface area contributed by atoms with Crippen molar-refractivity contribution in [3.05, 3.63) is 48.0 Å². The fourth-order valence-corrected chi connectivity index (χ4v) is 3.22. The second-order valence-electron chi connectivity index (χ2n) is 6.15. The summed E-state index contributed by atoms with van der Waals surface area (Å²) in [5.74, 6) is -1.64. The van der Waals surface area contributed by atoms with Gasteiger partial charge in [0.05, 0.1) is 12.1 Å². The summed E-state index contributed by atoms with van der Waals surface area (Å²) in [6, 6.07) is 3.65. The summed E-state index contributed by atoms with van der Waals surface area (Å²) < 4.78 is 1.70. The Kier molecular flexibility index (Phi) is 4.59. The number of amides is 1. The maximum absolute atomic E-state index is 12.5. The summed E-state index contributed by atoms with van der Waals surface area (Å²) in [5, 5.41) is 13.6. The van der Waals surface area contributed by atoms with Gasteiger partial charge in [-0.2, -0.15) is 5.10 Å². The van der Waals surface area contributed by atoms with Crippen molar-refractivity contribution in [2.24, 2.45) is 13.0 Å². The lowest BCUT2D eigenvalue weighted by Crippen LogP contribution is -2.30. The summed E-state index contributed by atoms with van der Waals surface area (Å²) in [7, 11) is 1.84. The standard InChI is InChI=1S/C17H20N4O3/c1-20-9-12(8-19-20)2-3-16(22)21-10-14(15(11-21)17(23)24)13-4-6-18-7-5-13/h4-9,14-15H,2-3,10-11H2,1H3,(H,23,24)/t14-,15+/m1/s1. The average Bonchev–Trinajstić information content (AvgIpc) is 3.20. The highest BCUT2D eigenvalue weighted by atomic mass is 16.4. The van der Waals surface area contributed by atoms with Crippen LogP contribution in [0.5, 0.6) is 0 Å². The number of likely N-dealkylation sites (tertiary alicyclic amines) is 1. The Bertz CT molecular complexity index is 728. The van der Waals surface area contributed by atoms with Gasteiger partial charge in [0.15, 0.2) is 0 Å². The molecule has 2 aromatic rings. The zero-order valence-corrected chi connectivity index (χ0v) is 13.5. The van der Waals surface area contributed by atoms with Gasteiger partial charge in [-0.1, -0.05) is 0 Å². The van der Waals surface area contributed by atoms with E-state index in [1.54, 1.807) is 28.2 Å². The SMILES string of the molecule is Cn1cc(CCC(=O)N2C[C@H](C(=O)O)[C@@H](c3ccncc3)C2)cn1. The molecule has 3 heterocycles. The van der Waals surface area contributed by atoms with E-state index in [1.165, 1.54) is 0 Å². The smallest absolute Gasteiger partial charge is 0.308 e. The third-order valence-corrected chi connectivity index (χ3v) is 4.51. The van der Waals surface area contributed by atoms with Gasteiger partial charge in [0.25, 0.3) is 0 Å². The average molecular weight is 328 g/mol. The number of carboxylic acid groups (broad SMARTS) is 1. The van der Waals surface area contributed by atoms with Crippen LogP contribution in [0, 0.1) is 5.92 Å². The third-order valence-electron chi connectivity index (χ3n) is 4.51. The summed E-state index contributed by atoms with van der Waals surface area (Å²) in [4.78, 5) is 29.7. The highest BCUT2D eigenvalue weighted by molar-refractivity contribution is 5.79. The molecule has 1 saturated heterocycles. The predicted octanol–water partition coefficient (Wildman–Crippen LogP) is 1.07. The van der Waals surface area contributed by atoms with Crippen molar-refractivity contribution in [1.82, 2.24) is 19.7 Å². The van der Waals surface area contributed by atoms with Crippen LogP contribution in [0.2, 0.25) is 0 Å². The van der Waals surface area contributed by atoms with Crippen LogP contribution >= 0.6 is 0 Å². The Morgan fingerprint density at radius 1 is 1.29 bits per heavy atom. The molecule has 126 valence electrons. The molecule has 0 aliphatic carbocycles. The molecule has 1 fully saturated rings. The van der Waals surface area contributed by atoms with Crippen molar-refractivity contribution < 1.29 is 14.7 Å². The van der Waals surface area contributed by atoms with E-state index in [-0.39, 0.29) is 18.4 Å². The van der Waals surface area contributed by atoms with E-state index < -0.39 is 11.9 Å². The molecule has 1 N–H and O–H groups in total. The molecule has 0 bridgehead atoms. The second kappa shape index (κ2) is 6.82. The lowest BCUT2D eigenvalue weighted by molar-refractivity contribution is -0.141. The number of hydrogen-bond acceptors (Lipinski definition) is 4. The van der Waals surface area contributed by atoms with E-state index >= 15 is 0 Å². The first-order valence-electron chi connectivity index (χ1n) is 7.92.